The van der Waals surface area contributed by atoms with Gasteiger partial charge in [0.2, 0.25) is 10.0 Å². The highest BCUT2D eigenvalue weighted by Crippen LogP contribution is 2.34. The van der Waals surface area contributed by atoms with Gasteiger partial charge in [0.05, 0.1) is 23.5 Å². The molecule has 116 valence electrons. The van der Waals surface area contributed by atoms with Gasteiger partial charge >= 0.3 is 5.97 Å². The first-order valence-electron chi connectivity index (χ1n) is 6.53. The predicted octanol–water partition coefficient (Wildman–Crippen LogP) is 0.657. The van der Waals surface area contributed by atoms with Crippen LogP contribution in [0.25, 0.3) is 0 Å². The first kappa shape index (κ1) is 15.6. The SMILES string of the molecule is CC1CN(C)c2cc(S(=O)(=O)NCCC(=O)O)ccc2O1. The van der Waals surface area contributed by atoms with E-state index in [2.05, 4.69) is 4.72 Å². The number of aliphatic carboxylic acids is 1. The third kappa shape index (κ3) is 3.64. The summed E-state index contributed by atoms with van der Waals surface area (Å²) in [5.41, 5.74) is 0.703. The number of nitrogens with one attached hydrogen (secondary N) is 1. The van der Waals surface area contributed by atoms with Gasteiger partial charge in [0.1, 0.15) is 11.9 Å². The lowest BCUT2D eigenvalue weighted by molar-refractivity contribution is -0.136. The normalized spacial score (nSPS) is 18.0. The Morgan fingerprint density at radius 2 is 2.24 bits per heavy atom. The Labute approximate surface area is 123 Å². The number of anilines is 1. The number of hydrogen-bond acceptors (Lipinski definition) is 5. The van der Waals surface area contributed by atoms with Crippen molar-refractivity contribution in [2.45, 2.75) is 24.3 Å². The molecule has 7 nitrogen and oxygen atoms in total. The third-order valence-electron chi connectivity index (χ3n) is 3.14. The number of nitrogens with zero attached hydrogens (tertiary/aromatic N) is 1. The molecule has 2 N–H and O–H groups in total. The van der Waals surface area contributed by atoms with Crippen molar-refractivity contribution in [2.75, 3.05) is 25.0 Å². The molecule has 0 amide bonds. The molecule has 8 heteroatoms. The minimum atomic E-state index is -3.72. The van der Waals surface area contributed by atoms with Gasteiger partial charge in [0.25, 0.3) is 0 Å². The second kappa shape index (κ2) is 5.90. The lowest BCUT2D eigenvalue weighted by Gasteiger charge is -2.32. The number of sulfonamides is 1. The van der Waals surface area contributed by atoms with E-state index < -0.39 is 16.0 Å². The summed E-state index contributed by atoms with van der Waals surface area (Å²) < 4.78 is 32.1. The van der Waals surface area contributed by atoms with E-state index in [-0.39, 0.29) is 24.0 Å². The molecule has 0 bridgehead atoms. The molecule has 0 saturated carbocycles. The first-order chi connectivity index (χ1) is 9.79. The van der Waals surface area contributed by atoms with E-state index in [1.54, 1.807) is 6.07 Å². The van der Waals surface area contributed by atoms with E-state index >= 15 is 0 Å². The van der Waals surface area contributed by atoms with Crippen LogP contribution in [0.1, 0.15) is 13.3 Å². The number of benzene rings is 1. The Kier molecular flexibility index (Phi) is 4.38. The number of carboxylic acids is 1. The van der Waals surface area contributed by atoms with Crippen molar-refractivity contribution in [1.82, 2.24) is 4.72 Å². The van der Waals surface area contributed by atoms with Gasteiger partial charge in [-0.25, -0.2) is 13.1 Å². The van der Waals surface area contributed by atoms with Crippen LogP contribution >= 0.6 is 0 Å². The van der Waals surface area contributed by atoms with Crippen LogP contribution in [0.2, 0.25) is 0 Å². The molecule has 2 rings (SSSR count). The molecule has 1 unspecified atom stereocenters. The molecule has 1 heterocycles. The average Bonchev–Trinajstić information content (AvgIpc) is 2.37. The van der Waals surface area contributed by atoms with Crippen LogP contribution in [0.4, 0.5) is 5.69 Å². The lowest BCUT2D eigenvalue weighted by Crippen LogP contribution is -2.36. The second-order valence-corrected chi connectivity index (χ2v) is 6.75. The van der Waals surface area contributed by atoms with Crippen molar-refractivity contribution in [3.63, 3.8) is 0 Å². The van der Waals surface area contributed by atoms with Gasteiger partial charge in [-0.2, -0.15) is 0 Å². The van der Waals surface area contributed by atoms with Crippen molar-refractivity contribution in [1.29, 1.82) is 0 Å². The summed E-state index contributed by atoms with van der Waals surface area (Å²) in [5.74, 6) is -0.411. The molecule has 0 spiro atoms. The minimum Gasteiger partial charge on any atom is -0.487 e. The molecule has 1 aliphatic rings. The summed E-state index contributed by atoms with van der Waals surface area (Å²) >= 11 is 0. The number of carbonyl (C=O) groups is 1. The van der Waals surface area contributed by atoms with Crippen molar-refractivity contribution in [3.05, 3.63) is 18.2 Å². The highest BCUT2D eigenvalue weighted by molar-refractivity contribution is 7.89. The Balaban J connectivity index is 2.21. The largest absolute Gasteiger partial charge is 0.487 e. The number of ether oxygens (including phenoxy) is 1. The van der Waals surface area contributed by atoms with Crippen LogP contribution in [-0.4, -0.2) is 45.7 Å². The summed E-state index contributed by atoms with van der Waals surface area (Å²) in [4.78, 5) is 12.5. The highest BCUT2D eigenvalue weighted by Gasteiger charge is 2.23. The maximum atomic E-state index is 12.1. The van der Waals surface area contributed by atoms with Crippen molar-refractivity contribution in [2.24, 2.45) is 0 Å². The Hall–Kier alpha value is -1.80. The zero-order valence-corrected chi connectivity index (χ0v) is 12.7. The summed E-state index contributed by atoms with van der Waals surface area (Å²) in [6.45, 7) is 2.47. The topological polar surface area (TPSA) is 95.9 Å². The van der Waals surface area contributed by atoms with Crippen molar-refractivity contribution >= 4 is 21.7 Å². The van der Waals surface area contributed by atoms with E-state index in [1.165, 1.54) is 12.1 Å². The molecule has 1 aromatic carbocycles. The summed E-state index contributed by atoms with van der Waals surface area (Å²) in [5, 5.41) is 8.54. The Bertz CT molecular complexity index is 644. The van der Waals surface area contributed by atoms with Crippen LogP contribution in [0, 0.1) is 0 Å². The van der Waals surface area contributed by atoms with E-state index in [1.807, 2.05) is 18.9 Å². The standard InChI is InChI=1S/C13H18N2O5S/c1-9-8-15(2)11-7-10(3-4-12(11)20-9)21(18,19)14-6-5-13(16)17/h3-4,7,9,14H,5-6,8H2,1-2H3,(H,16,17). The fourth-order valence-electron chi connectivity index (χ4n) is 2.18. The molecule has 0 aliphatic carbocycles. The number of likely N-dealkylation sites (N-methyl/N-ethyl adjacent to an activating group) is 1. The summed E-state index contributed by atoms with van der Waals surface area (Å²) in [6, 6.07) is 4.60. The third-order valence-corrected chi connectivity index (χ3v) is 4.60. The molecular formula is C13H18N2O5S. The second-order valence-electron chi connectivity index (χ2n) is 4.98. The van der Waals surface area contributed by atoms with Crippen LogP contribution < -0.4 is 14.4 Å². The first-order valence-corrected chi connectivity index (χ1v) is 8.01. The molecule has 0 fully saturated rings. The Morgan fingerprint density at radius 3 is 2.90 bits per heavy atom. The maximum Gasteiger partial charge on any atom is 0.304 e. The lowest BCUT2D eigenvalue weighted by atomic mass is 10.2. The van der Waals surface area contributed by atoms with Crippen LogP contribution in [-0.2, 0) is 14.8 Å². The van der Waals surface area contributed by atoms with Gasteiger partial charge in [-0.15, -0.1) is 0 Å². The van der Waals surface area contributed by atoms with E-state index in [0.29, 0.717) is 18.0 Å². The van der Waals surface area contributed by atoms with Crippen LogP contribution in [0.5, 0.6) is 5.75 Å². The van der Waals surface area contributed by atoms with Crippen molar-refractivity contribution < 1.29 is 23.1 Å². The van der Waals surface area contributed by atoms with E-state index in [9.17, 15) is 13.2 Å². The van der Waals surface area contributed by atoms with E-state index in [0.717, 1.165) is 0 Å². The molecule has 1 aromatic rings. The number of hydrogen-bond donors (Lipinski definition) is 2. The van der Waals surface area contributed by atoms with Crippen molar-refractivity contribution in [3.8, 4) is 5.75 Å². The van der Waals surface area contributed by atoms with Gasteiger partial charge in [0.15, 0.2) is 0 Å². The maximum absolute atomic E-state index is 12.1. The smallest absolute Gasteiger partial charge is 0.304 e. The monoisotopic (exact) mass is 314 g/mol. The molecule has 1 aliphatic heterocycles. The average molecular weight is 314 g/mol. The van der Waals surface area contributed by atoms with Crippen LogP contribution in [0.15, 0.2) is 23.1 Å². The fraction of sp³-hybridized carbons (Fsp3) is 0.462. The highest BCUT2D eigenvalue weighted by atomic mass is 32.2. The molecule has 0 aromatic heterocycles. The van der Waals surface area contributed by atoms with Gasteiger partial charge < -0.3 is 14.7 Å². The molecule has 1 atom stereocenters. The minimum absolute atomic E-state index is 0.0404. The Morgan fingerprint density at radius 1 is 1.52 bits per heavy atom. The zero-order valence-electron chi connectivity index (χ0n) is 11.9. The number of rotatable bonds is 5. The van der Waals surface area contributed by atoms with E-state index in [4.69, 9.17) is 9.84 Å². The zero-order chi connectivity index (χ0) is 15.6. The van der Waals surface area contributed by atoms with Gasteiger partial charge in [-0.1, -0.05) is 0 Å². The molecule has 0 saturated heterocycles. The predicted molar refractivity (Wildman–Crippen MR) is 77.2 cm³/mol. The van der Waals surface area contributed by atoms with Gasteiger partial charge in [-0.05, 0) is 25.1 Å². The fourth-order valence-corrected chi connectivity index (χ4v) is 3.23. The number of carboxylic acid groups (broad SMARTS) is 1. The molecule has 0 radical (unpaired) electrons. The van der Waals surface area contributed by atoms with Gasteiger partial charge in [-0.3, -0.25) is 4.79 Å². The number of fused-ring (bicyclic) bond motifs is 1. The molecule has 21 heavy (non-hydrogen) atoms. The summed E-state index contributed by atoms with van der Waals surface area (Å²) in [6.07, 6.45) is -0.219. The summed E-state index contributed by atoms with van der Waals surface area (Å²) in [7, 11) is -1.85. The van der Waals surface area contributed by atoms with Gasteiger partial charge in [0, 0.05) is 13.6 Å². The quantitative estimate of drug-likeness (QED) is 0.829. The van der Waals surface area contributed by atoms with Crippen LogP contribution in [0.3, 0.4) is 0 Å². The molecular weight excluding hydrogens is 296 g/mol.